The van der Waals surface area contributed by atoms with Gasteiger partial charge in [-0.25, -0.2) is 8.42 Å². The number of ether oxygens (including phenoxy) is 1. The van der Waals surface area contributed by atoms with Crippen molar-refractivity contribution in [3.63, 3.8) is 0 Å². The van der Waals surface area contributed by atoms with Gasteiger partial charge in [0.25, 0.3) is 0 Å². The SMILES string of the molecule is COc1ccc(N(CCCC(=O)N(Cc2ccccc2C)[C@H](C)C(=O)NC2CCCCC2)S(C)(=O)=O)cc1. The first kappa shape index (κ1) is 29.5. The van der Waals surface area contributed by atoms with Crippen LogP contribution in [0.25, 0.3) is 0 Å². The minimum atomic E-state index is -3.55. The monoisotopic (exact) mass is 543 g/mol. The fourth-order valence-corrected chi connectivity index (χ4v) is 5.84. The van der Waals surface area contributed by atoms with E-state index in [0.29, 0.717) is 24.4 Å². The number of rotatable bonds is 12. The Morgan fingerprint density at radius 3 is 2.32 bits per heavy atom. The number of carbonyl (C=O) groups is 2. The third-order valence-electron chi connectivity index (χ3n) is 7.23. The number of methoxy groups -OCH3 is 1. The molecule has 2 amide bonds. The van der Waals surface area contributed by atoms with Gasteiger partial charge in [-0.2, -0.15) is 0 Å². The molecule has 38 heavy (non-hydrogen) atoms. The first-order valence-electron chi connectivity index (χ1n) is 13.4. The maximum atomic E-state index is 13.5. The molecule has 0 spiro atoms. The summed E-state index contributed by atoms with van der Waals surface area (Å²) in [5.74, 6) is 0.308. The normalized spacial score (nSPS) is 14.9. The molecule has 0 aliphatic heterocycles. The zero-order valence-corrected chi connectivity index (χ0v) is 23.8. The van der Waals surface area contributed by atoms with Gasteiger partial charge in [0.2, 0.25) is 21.8 Å². The highest BCUT2D eigenvalue weighted by Crippen LogP contribution is 2.23. The van der Waals surface area contributed by atoms with E-state index in [1.807, 2.05) is 31.2 Å². The van der Waals surface area contributed by atoms with Crippen molar-refractivity contribution >= 4 is 27.5 Å². The largest absolute Gasteiger partial charge is 0.497 e. The van der Waals surface area contributed by atoms with Crippen LogP contribution in [0, 0.1) is 6.92 Å². The Morgan fingerprint density at radius 1 is 1.05 bits per heavy atom. The molecule has 1 N–H and O–H groups in total. The van der Waals surface area contributed by atoms with Crippen LogP contribution < -0.4 is 14.4 Å². The number of nitrogens with zero attached hydrogens (tertiary/aromatic N) is 2. The second-order valence-corrected chi connectivity index (χ2v) is 12.0. The van der Waals surface area contributed by atoms with E-state index in [1.54, 1.807) is 43.2 Å². The Kier molecular flexibility index (Phi) is 10.6. The predicted molar refractivity (Wildman–Crippen MR) is 151 cm³/mol. The van der Waals surface area contributed by atoms with Gasteiger partial charge in [0.15, 0.2) is 0 Å². The minimum absolute atomic E-state index is 0.120. The summed E-state index contributed by atoms with van der Waals surface area (Å²) in [6.07, 6.45) is 6.94. The van der Waals surface area contributed by atoms with E-state index >= 15 is 0 Å². The van der Waals surface area contributed by atoms with Crippen LogP contribution in [0.1, 0.15) is 63.0 Å². The highest BCUT2D eigenvalue weighted by molar-refractivity contribution is 7.92. The van der Waals surface area contributed by atoms with Crippen LogP contribution in [0.4, 0.5) is 5.69 Å². The molecule has 3 rings (SSSR count). The number of benzene rings is 2. The molecule has 208 valence electrons. The maximum absolute atomic E-state index is 13.5. The topological polar surface area (TPSA) is 96.0 Å². The molecule has 0 unspecified atom stereocenters. The lowest BCUT2D eigenvalue weighted by molar-refractivity contribution is -0.141. The van der Waals surface area contributed by atoms with Gasteiger partial charge in [0.05, 0.1) is 19.1 Å². The second kappa shape index (κ2) is 13.6. The van der Waals surface area contributed by atoms with Gasteiger partial charge < -0.3 is 15.0 Å². The van der Waals surface area contributed by atoms with Gasteiger partial charge in [-0.05, 0) is 68.5 Å². The highest BCUT2D eigenvalue weighted by atomic mass is 32.2. The Bertz CT molecular complexity index is 1180. The third-order valence-corrected chi connectivity index (χ3v) is 8.43. The van der Waals surface area contributed by atoms with Gasteiger partial charge in [0.1, 0.15) is 11.8 Å². The van der Waals surface area contributed by atoms with Crippen molar-refractivity contribution in [3.8, 4) is 5.75 Å². The molecule has 1 saturated carbocycles. The molecule has 2 aromatic carbocycles. The summed E-state index contributed by atoms with van der Waals surface area (Å²) in [6.45, 7) is 4.23. The number of aryl methyl sites for hydroxylation is 1. The molecule has 1 atom stereocenters. The van der Waals surface area contributed by atoms with E-state index in [2.05, 4.69) is 5.32 Å². The molecular formula is C29H41N3O5S. The fraction of sp³-hybridized carbons (Fsp3) is 0.517. The summed E-state index contributed by atoms with van der Waals surface area (Å²) in [7, 11) is -2.00. The first-order valence-corrected chi connectivity index (χ1v) is 15.2. The molecule has 0 aromatic heterocycles. The summed E-state index contributed by atoms with van der Waals surface area (Å²) >= 11 is 0. The van der Waals surface area contributed by atoms with E-state index < -0.39 is 16.1 Å². The van der Waals surface area contributed by atoms with Crippen LogP contribution >= 0.6 is 0 Å². The standard InChI is InChI=1S/C29H41N3O5S/c1-22-11-8-9-12-24(22)21-31(23(2)29(34)30-25-13-6-5-7-14-25)28(33)15-10-20-32(38(4,35)36)26-16-18-27(37-3)19-17-26/h8-9,11-12,16-19,23,25H,5-7,10,13-15,20-21H2,1-4H3,(H,30,34)/t23-/m1/s1. The Labute approximate surface area is 227 Å². The van der Waals surface area contributed by atoms with Crippen LogP contribution in [0.5, 0.6) is 5.75 Å². The Balaban J connectivity index is 1.71. The molecular weight excluding hydrogens is 502 g/mol. The van der Waals surface area contributed by atoms with Crippen LogP contribution in [0.3, 0.4) is 0 Å². The van der Waals surface area contributed by atoms with Gasteiger partial charge in [0, 0.05) is 25.6 Å². The minimum Gasteiger partial charge on any atom is -0.497 e. The van der Waals surface area contributed by atoms with Crippen LogP contribution in [0.15, 0.2) is 48.5 Å². The van der Waals surface area contributed by atoms with Crippen molar-refractivity contribution in [2.24, 2.45) is 0 Å². The molecule has 0 saturated heterocycles. The molecule has 1 aliphatic carbocycles. The number of anilines is 1. The lowest BCUT2D eigenvalue weighted by atomic mass is 9.95. The zero-order valence-electron chi connectivity index (χ0n) is 23.0. The molecule has 1 aliphatic rings. The van der Waals surface area contributed by atoms with E-state index in [0.717, 1.165) is 43.1 Å². The summed E-state index contributed by atoms with van der Waals surface area (Å²) in [5, 5.41) is 3.15. The summed E-state index contributed by atoms with van der Waals surface area (Å²) in [6, 6.07) is 14.1. The van der Waals surface area contributed by atoms with Crippen molar-refractivity contribution < 1.29 is 22.7 Å². The van der Waals surface area contributed by atoms with Crippen molar-refractivity contribution in [1.82, 2.24) is 10.2 Å². The van der Waals surface area contributed by atoms with Gasteiger partial charge in [-0.3, -0.25) is 13.9 Å². The predicted octanol–water partition coefficient (Wildman–Crippen LogP) is 4.42. The van der Waals surface area contributed by atoms with E-state index in [1.165, 1.54) is 10.7 Å². The Morgan fingerprint density at radius 2 is 1.71 bits per heavy atom. The fourth-order valence-electron chi connectivity index (χ4n) is 4.87. The number of hydrogen-bond donors (Lipinski definition) is 1. The lowest BCUT2D eigenvalue weighted by Gasteiger charge is -2.32. The first-order chi connectivity index (χ1) is 18.1. The Hall–Kier alpha value is -3.07. The quantitative estimate of drug-likeness (QED) is 0.428. The summed E-state index contributed by atoms with van der Waals surface area (Å²) in [5.41, 5.74) is 2.54. The number of carbonyl (C=O) groups excluding carboxylic acids is 2. The number of sulfonamides is 1. The molecule has 0 bridgehead atoms. The van der Waals surface area contributed by atoms with Crippen LogP contribution in [0.2, 0.25) is 0 Å². The highest BCUT2D eigenvalue weighted by Gasteiger charge is 2.28. The van der Waals surface area contributed by atoms with E-state index in [9.17, 15) is 18.0 Å². The van der Waals surface area contributed by atoms with Crippen molar-refractivity contribution in [2.45, 2.75) is 77.4 Å². The van der Waals surface area contributed by atoms with Crippen LogP contribution in [-0.2, 0) is 26.2 Å². The van der Waals surface area contributed by atoms with Crippen molar-refractivity contribution in [2.75, 3.05) is 24.2 Å². The van der Waals surface area contributed by atoms with Crippen molar-refractivity contribution in [1.29, 1.82) is 0 Å². The maximum Gasteiger partial charge on any atom is 0.242 e. The van der Waals surface area contributed by atoms with E-state index in [4.69, 9.17) is 4.74 Å². The molecule has 8 nitrogen and oxygen atoms in total. The molecule has 9 heteroatoms. The number of nitrogens with one attached hydrogen (secondary N) is 1. The van der Waals surface area contributed by atoms with E-state index in [-0.39, 0.29) is 30.8 Å². The smallest absolute Gasteiger partial charge is 0.242 e. The van der Waals surface area contributed by atoms with Gasteiger partial charge in [-0.1, -0.05) is 43.5 Å². The second-order valence-electron chi connectivity index (χ2n) is 10.1. The lowest BCUT2D eigenvalue weighted by Crippen LogP contribution is -2.50. The molecule has 0 radical (unpaired) electrons. The molecule has 1 fully saturated rings. The van der Waals surface area contributed by atoms with Crippen LogP contribution in [-0.4, -0.2) is 57.1 Å². The van der Waals surface area contributed by atoms with Crippen molar-refractivity contribution in [3.05, 3.63) is 59.7 Å². The van der Waals surface area contributed by atoms with Gasteiger partial charge in [-0.15, -0.1) is 0 Å². The molecule has 0 heterocycles. The molecule has 2 aromatic rings. The average Bonchev–Trinajstić information content (AvgIpc) is 2.90. The summed E-state index contributed by atoms with van der Waals surface area (Å²) < 4.78 is 31.5. The summed E-state index contributed by atoms with van der Waals surface area (Å²) in [4.78, 5) is 28.3. The average molecular weight is 544 g/mol. The number of amides is 2. The zero-order chi connectivity index (χ0) is 27.7. The third kappa shape index (κ3) is 8.21. The number of hydrogen-bond acceptors (Lipinski definition) is 5. The van der Waals surface area contributed by atoms with Gasteiger partial charge >= 0.3 is 0 Å².